The summed E-state index contributed by atoms with van der Waals surface area (Å²) < 4.78 is 0. The van der Waals surface area contributed by atoms with E-state index in [-0.39, 0.29) is 5.91 Å². The van der Waals surface area contributed by atoms with Crippen LogP contribution >= 0.6 is 22.7 Å². The highest BCUT2D eigenvalue weighted by Crippen LogP contribution is 2.29. The lowest BCUT2D eigenvalue weighted by molar-refractivity contribution is 0.0946. The summed E-state index contributed by atoms with van der Waals surface area (Å²) in [5, 5.41) is 6.74. The Morgan fingerprint density at radius 3 is 2.59 bits per heavy atom. The predicted octanol–water partition coefficient (Wildman–Crippen LogP) is 3.81. The maximum atomic E-state index is 12.4. The molecule has 2 aromatic heterocycles. The second-order valence-corrected chi connectivity index (χ2v) is 7.08. The smallest absolute Gasteiger partial charge is 0.271 e. The van der Waals surface area contributed by atoms with Crippen molar-refractivity contribution in [2.75, 3.05) is 0 Å². The van der Waals surface area contributed by atoms with Crippen molar-refractivity contribution in [2.45, 2.75) is 20.4 Å². The summed E-state index contributed by atoms with van der Waals surface area (Å²) in [4.78, 5) is 22.1. The Morgan fingerprint density at radius 1 is 1.14 bits per heavy atom. The van der Waals surface area contributed by atoms with Crippen LogP contribution in [0.3, 0.4) is 0 Å². The quantitative estimate of drug-likeness (QED) is 0.792. The number of aromatic nitrogens is 2. The maximum Gasteiger partial charge on any atom is 0.271 e. The van der Waals surface area contributed by atoms with Crippen molar-refractivity contribution in [3.05, 3.63) is 57.1 Å². The first-order chi connectivity index (χ1) is 10.6. The molecule has 0 aliphatic carbocycles. The number of benzene rings is 1. The first-order valence-electron chi connectivity index (χ1n) is 6.85. The van der Waals surface area contributed by atoms with E-state index >= 15 is 0 Å². The third-order valence-electron chi connectivity index (χ3n) is 3.08. The summed E-state index contributed by atoms with van der Waals surface area (Å²) in [5.41, 5.74) is 2.38. The molecule has 0 aliphatic heterocycles. The molecule has 0 aliphatic rings. The molecular formula is C16H15N3OS2. The highest BCUT2D eigenvalue weighted by atomic mass is 32.1. The van der Waals surface area contributed by atoms with E-state index in [0.717, 1.165) is 26.1 Å². The van der Waals surface area contributed by atoms with Gasteiger partial charge in [0.25, 0.3) is 5.91 Å². The first kappa shape index (κ1) is 14.9. The molecule has 0 radical (unpaired) electrons. The monoisotopic (exact) mass is 329 g/mol. The average Bonchev–Trinajstić information content (AvgIpc) is 3.11. The van der Waals surface area contributed by atoms with Gasteiger partial charge >= 0.3 is 0 Å². The van der Waals surface area contributed by atoms with Crippen LogP contribution in [0.25, 0.3) is 10.4 Å². The summed E-state index contributed by atoms with van der Waals surface area (Å²) in [6.45, 7) is 4.29. The summed E-state index contributed by atoms with van der Waals surface area (Å²) in [7, 11) is 0. The molecule has 4 nitrogen and oxygen atoms in total. The standard InChI is InChI=1S/C16H15N3OS2/c1-10-18-13(9-21-10)8-17-16(20)14-15(22-11(2)19-14)12-6-4-3-5-7-12/h3-7,9H,8H2,1-2H3,(H,17,20). The van der Waals surface area contributed by atoms with Crippen molar-refractivity contribution in [3.8, 4) is 10.4 Å². The van der Waals surface area contributed by atoms with E-state index in [1.54, 1.807) is 11.3 Å². The molecule has 3 rings (SSSR count). The lowest BCUT2D eigenvalue weighted by Gasteiger charge is -2.04. The maximum absolute atomic E-state index is 12.4. The van der Waals surface area contributed by atoms with E-state index in [0.29, 0.717) is 12.2 Å². The summed E-state index contributed by atoms with van der Waals surface area (Å²) in [5.74, 6) is -0.158. The zero-order chi connectivity index (χ0) is 15.5. The number of aryl methyl sites for hydroxylation is 2. The van der Waals surface area contributed by atoms with E-state index in [4.69, 9.17) is 0 Å². The van der Waals surface area contributed by atoms with E-state index < -0.39 is 0 Å². The van der Waals surface area contributed by atoms with Gasteiger partial charge in [0.15, 0.2) is 0 Å². The molecule has 0 saturated carbocycles. The van der Waals surface area contributed by atoms with Gasteiger partial charge in [-0.1, -0.05) is 30.3 Å². The molecule has 0 unspecified atom stereocenters. The lowest BCUT2D eigenvalue weighted by Crippen LogP contribution is -2.23. The van der Waals surface area contributed by atoms with E-state index in [1.165, 1.54) is 11.3 Å². The number of rotatable bonds is 4. The SMILES string of the molecule is Cc1nc(CNC(=O)c2nc(C)sc2-c2ccccc2)cs1. The van der Waals surface area contributed by atoms with Crippen molar-refractivity contribution in [3.63, 3.8) is 0 Å². The number of nitrogens with one attached hydrogen (secondary N) is 1. The molecule has 22 heavy (non-hydrogen) atoms. The van der Waals surface area contributed by atoms with Crippen molar-refractivity contribution in [2.24, 2.45) is 0 Å². The molecule has 0 fully saturated rings. The number of carbonyl (C=O) groups is 1. The fraction of sp³-hybridized carbons (Fsp3) is 0.188. The van der Waals surface area contributed by atoms with Crippen LogP contribution in [0.5, 0.6) is 0 Å². The number of amides is 1. The van der Waals surface area contributed by atoms with Gasteiger partial charge in [0.05, 0.1) is 27.1 Å². The molecule has 2 heterocycles. The molecule has 1 aromatic carbocycles. The van der Waals surface area contributed by atoms with E-state index in [2.05, 4.69) is 15.3 Å². The first-order valence-corrected chi connectivity index (χ1v) is 8.55. The number of thiazole rings is 2. The third-order valence-corrected chi connectivity index (χ3v) is 4.92. The molecular weight excluding hydrogens is 314 g/mol. The Bertz CT molecular complexity index is 793. The minimum absolute atomic E-state index is 0.158. The Hall–Kier alpha value is -2.05. The van der Waals surface area contributed by atoms with Gasteiger partial charge in [0, 0.05) is 5.38 Å². The van der Waals surface area contributed by atoms with Gasteiger partial charge < -0.3 is 5.32 Å². The van der Waals surface area contributed by atoms with Gasteiger partial charge in [-0.05, 0) is 19.4 Å². The Kier molecular flexibility index (Phi) is 4.31. The van der Waals surface area contributed by atoms with Crippen LogP contribution in [-0.2, 0) is 6.54 Å². The van der Waals surface area contributed by atoms with Crippen molar-refractivity contribution in [1.82, 2.24) is 15.3 Å². The predicted molar refractivity (Wildman–Crippen MR) is 90.3 cm³/mol. The fourth-order valence-corrected chi connectivity index (χ4v) is 3.64. The molecule has 112 valence electrons. The van der Waals surface area contributed by atoms with Crippen LogP contribution in [-0.4, -0.2) is 15.9 Å². The number of nitrogens with zero attached hydrogens (tertiary/aromatic N) is 2. The Morgan fingerprint density at radius 2 is 1.91 bits per heavy atom. The largest absolute Gasteiger partial charge is 0.345 e. The molecule has 0 spiro atoms. The topological polar surface area (TPSA) is 54.9 Å². The summed E-state index contributed by atoms with van der Waals surface area (Å²) in [6.07, 6.45) is 0. The number of carbonyl (C=O) groups excluding carboxylic acids is 1. The normalized spacial score (nSPS) is 10.6. The molecule has 1 amide bonds. The molecule has 0 atom stereocenters. The van der Waals surface area contributed by atoms with Crippen LogP contribution in [0.1, 0.15) is 26.2 Å². The Balaban J connectivity index is 1.81. The summed E-state index contributed by atoms with van der Waals surface area (Å²) >= 11 is 3.12. The van der Waals surface area contributed by atoms with Gasteiger partial charge in [-0.3, -0.25) is 4.79 Å². The summed E-state index contributed by atoms with van der Waals surface area (Å²) in [6, 6.07) is 9.87. The van der Waals surface area contributed by atoms with Gasteiger partial charge in [-0.2, -0.15) is 0 Å². The van der Waals surface area contributed by atoms with Crippen molar-refractivity contribution in [1.29, 1.82) is 0 Å². The van der Waals surface area contributed by atoms with Crippen LogP contribution in [0.2, 0.25) is 0 Å². The lowest BCUT2D eigenvalue weighted by atomic mass is 10.1. The van der Waals surface area contributed by atoms with Gasteiger partial charge in [-0.15, -0.1) is 22.7 Å². The fourth-order valence-electron chi connectivity index (χ4n) is 2.11. The molecule has 0 saturated heterocycles. The number of hydrogen-bond acceptors (Lipinski definition) is 5. The average molecular weight is 329 g/mol. The molecule has 1 N–H and O–H groups in total. The highest BCUT2D eigenvalue weighted by Gasteiger charge is 2.18. The van der Waals surface area contributed by atoms with Gasteiger partial charge in [0.1, 0.15) is 5.69 Å². The Labute approximate surface area is 136 Å². The second-order valence-electron chi connectivity index (χ2n) is 4.82. The van der Waals surface area contributed by atoms with Crippen LogP contribution in [0.15, 0.2) is 35.7 Å². The van der Waals surface area contributed by atoms with Crippen LogP contribution in [0.4, 0.5) is 0 Å². The molecule has 6 heteroatoms. The number of hydrogen-bond donors (Lipinski definition) is 1. The molecule has 3 aromatic rings. The second kappa shape index (κ2) is 6.37. The molecule has 0 bridgehead atoms. The van der Waals surface area contributed by atoms with Crippen LogP contribution in [0, 0.1) is 13.8 Å². The minimum atomic E-state index is -0.158. The zero-order valence-corrected chi connectivity index (χ0v) is 13.9. The van der Waals surface area contributed by atoms with Gasteiger partial charge in [0.2, 0.25) is 0 Å². The third kappa shape index (κ3) is 3.23. The van der Waals surface area contributed by atoms with Crippen LogP contribution < -0.4 is 5.32 Å². The van der Waals surface area contributed by atoms with Crippen molar-refractivity contribution < 1.29 is 4.79 Å². The highest BCUT2D eigenvalue weighted by molar-refractivity contribution is 7.15. The van der Waals surface area contributed by atoms with Crippen molar-refractivity contribution >= 4 is 28.6 Å². The van der Waals surface area contributed by atoms with E-state index in [1.807, 2.05) is 49.6 Å². The van der Waals surface area contributed by atoms with Gasteiger partial charge in [-0.25, -0.2) is 9.97 Å². The van der Waals surface area contributed by atoms with E-state index in [9.17, 15) is 4.79 Å². The minimum Gasteiger partial charge on any atom is -0.345 e. The zero-order valence-electron chi connectivity index (χ0n) is 12.3.